The van der Waals surface area contributed by atoms with E-state index in [0.29, 0.717) is 6.42 Å². The number of rotatable bonds is 1. The van der Waals surface area contributed by atoms with Gasteiger partial charge in [-0.3, -0.25) is 4.79 Å². The van der Waals surface area contributed by atoms with Crippen molar-refractivity contribution in [1.82, 2.24) is 5.32 Å². The Morgan fingerprint density at radius 3 is 3.00 bits per heavy atom. The van der Waals surface area contributed by atoms with Crippen LogP contribution in [0.1, 0.15) is 37.3 Å². The fourth-order valence-corrected chi connectivity index (χ4v) is 1.95. The number of nitrogens with one attached hydrogen (secondary N) is 1. The fraction of sp³-hybridized carbons (Fsp3) is 0.417. The lowest BCUT2D eigenvalue weighted by molar-refractivity contribution is -0.121. The van der Waals surface area contributed by atoms with Gasteiger partial charge in [-0.25, -0.2) is 4.39 Å². The van der Waals surface area contributed by atoms with E-state index >= 15 is 0 Å². The topological polar surface area (TPSA) is 29.1 Å². The van der Waals surface area contributed by atoms with Crippen molar-refractivity contribution in [2.45, 2.75) is 31.7 Å². The Labute approximate surface area is 88.5 Å². The van der Waals surface area contributed by atoms with Gasteiger partial charge in [0, 0.05) is 6.42 Å². The molecule has 0 bridgehead atoms. The minimum Gasteiger partial charge on any atom is -0.349 e. The van der Waals surface area contributed by atoms with E-state index in [1.165, 1.54) is 12.1 Å². The molecule has 0 radical (unpaired) electrons. The number of carbonyl (C=O) groups is 1. The van der Waals surface area contributed by atoms with Gasteiger partial charge >= 0.3 is 0 Å². The number of benzene rings is 1. The van der Waals surface area contributed by atoms with E-state index in [0.717, 1.165) is 24.8 Å². The van der Waals surface area contributed by atoms with Crippen LogP contribution >= 0.6 is 0 Å². The summed E-state index contributed by atoms with van der Waals surface area (Å²) in [6.45, 7) is 0. The Balaban J connectivity index is 2.18. The van der Waals surface area contributed by atoms with Crippen LogP contribution in [0.2, 0.25) is 0 Å². The third-order valence-electron chi connectivity index (χ3n) is 2.73. The molecule has 1 heterocycles. The lowest BCUT2D eigenvalue weighted by Crippen LogP contribution is -2.26. The van der Waals surface area contributed by atoms with E-state index < -0.39 is 0 Å². The molecular weight excluding hydrogens is 193 g/mol. The van der Waals surface area contributed by atoms with Crippen LogP contribution in [0.25, 0.3) is 0 Å². The molecule has 1 aromatic carbocycles. The lowest BCUT2D eigenvalue weighted by atomic mass is 10.0. The van der Waals surface area contributed by atoms with Gasteiger partial charge < -0.3 is 5.32 Å². The summed E-state index contributed by atoms with van der Waals surface area (Å²) < 4.78 is 13.0. The summed E-state index contributed by atoms with van der Waals surface area (Å²) in [7, 11) is 0. The summed E-state index contributed by atoms with van der Waals surface area (Å²) >= 11 is 0. The highest BCUT2D eigenvalue weighted by Gasteiger charge is 2.17. The molecule has 15 heavy (non-hydrogen) atoms. The maximum atomic E-state index is 13.0. The number of halogens is 1. The smallest absolute Gasteiger partial charge is 0.220 e. The van der Waals surface area contributed by atoms with Crippen LogP contribution in [0.5, 0.6) is 0 Å². The van der Waals surface area contributed by atoms with E-state index in [-0.39, 0.29) is 17.8 Å². The standard InChI is InChI=1S/C12H14FNO/c13-10-5-3-4-9(8-10)11-6-1-2-7-12(15)14-11/h3-5,8,11H,1-2,6-7H2,(H,14,15). The largest absolute Gasteiger partial charge is 0.349 e. The minimum atomic E-state index is -0.244. The molecule has 0 aromatic heterocycles. The second kappa shape index (κ2) is 4.43. The zero-order valence-electron chi connectivity index (χ0n) is 8.50. The Bertz CT molecular complexity index is 364. The molecule has 0 saturated carbocycles. The molecule has 1 aliphatic heterocycles. The van der Waals surface area contributed by atoms with Crippen molar-refractivity contribution in [2.24, 2.45) is 0 Å². The van der Waals surface area contributed by atoms with Gasteiger partial charge in [0.2, 0.25) is 5.91 Å². The maximum Gasteiger partial charge on any atom is 0.220 e. The van der Waals surface area contributed by atoms with Crippen molar-refractivity contribution in [3.63, 3.8) is 0 Å². The summed E-state index contributed by atoms with van der Waals surface area (Å²) in [5.41, 5.74) is 0.866. The van der Waals surface area contributed by atoms with Crippen LogP contribution in [-0.2, 0) is 4.79 Å². The van der Waals surface area contributed by atoms with Crippen molar-refractivity contribution in [3.8, 4) is 0 Å². The molecule has 1 N–H and O–H groups in total. The first-order chi connectivity index (χ1) is 7.25. The number of hydrogen-bond acceptors (Lipinski definition) is 1. The van der Waals surface area contributed by atoms with Crippen molar-refractivity contribution in [3.05, 3.63) is 35.6 Å². The highest BCUT2D eigenvalue weighted by Crippen LogP contribution is 2.23. The Morgan fingerprint density at radius 1 is 1.33 bits per heavy atom. The van der Waals surface area contributed by atoms with Gasteiger partial charge in [-0.15, -0.1) is 0 Å². The minimum absolute atomic E-state index is 0.0179. The van der Waals surface area contributed by atoms with Gasteiger partial charge in [0.05, 0.1) is 6.04 Å². The number of hydrogen-bond donors (Lipinski definition) is 1. The van der Waals surface area contributed by atoms with Gasteiger partial charge in [-0.1, -0.05) is 18.6 Å². The van der Waals surface area contributed by atoms with Crippen molar-refractivity contribution in [1.29, 1.82) is 0 Å². The first kappa shape index (κ1) is 10.1. The summed E-state index contributed by atoms with van der Waals surface area (Å²) in [5, 5.41) is 2.92. The molecule has 1 fully saturated rings. The SMILES string of the molecule is O=C1CCCCC(c2cccc(F)c2)N1. The summed E-state index contributed by atoms with van der Waals surface area (Å²) in [4.78, 5) is 11.3. The van der Waals surface area contributed by atoms with E-state index in [9.17, 15) is 9.18 Å². The van der Waals surface area contributed by atoms with Gasteiger partial charge in [0.1, 0.15) is 5.82 Å². The highest BCUT2D eigenvalue weighted by atomic mass is 19.1. The molecule has 0 spiro atoms. The lowest BCUT2D eigenvalue weighted by Gasteiger charge is -2.15. The molecular formula is C12H14FNO. The predicted molar refractivity (Wildman–Crippen MR) is 55.8 cm³/mol. The summed E-state index contributed by atoms with van der Waals surface area (Å²) in [5.74, 6) is -0.173. The van der Waals surface area contributed by atoms with Crippen LogP contribution in [0.3, 0.4) is 0 Å². The van der Waals surface area contributed by atoms with Gasteiger partial charge in [-0.05, 0) is 30.5 Å². The van der Waals surface area contributed by atoms with Crippen molar-refractivity contribution < 1.29 is 9.18 Å². The van der Waals surface area contributed by atoms with Gasteiger partial charge in [0.25, 0.3) is 0 Å². The van der Waals surface area contributed by atoms with Crippen LogP contribution in [0.4, 0.5) is 4.39 Å². The highest BCUT2D eigenvalue weighted by molar-refractivity contribution is 5.76. The average Bonchev–Trinajstić information content (AvgIpc) is 2.43. The number of amides is 1. The third kappa shape index (κ3) is 2.55. The van der Waals surface area contributed by atoms with E-state index in [1.54, 1.807) is 6.07 Å². The normalized spacial score (nSPS) is 21.9. The Morgan fingerprint density at radius 2 is 2.20 bits per heavy atom. The molecule has 1 atom stereocenters. The zero-order valence-corrected chi connectivity index (χ0v) is 8.50. The Kier molecular flexibility index (Phi) is 2.99. The molecule has 1 saturated heterocycles. The molecule has 80 valence electrons. The van der Waals surface area contributed by atoms with Crippen molar-refractivity contribution >= 4 is 5.91 Å². The van der Waals surface area contributed by atoms with Gasteiger partial charge in [0.15, 0.2) is 0 Å². The first-order valence-electron chi connectivity index (χ1n) is 5.30. The van der Waals surface area contributed by atoms with E-state index in [2.05, 4.69) is 5.32 Å². The number of carbonyl (C=O) groups excluding carboxylic acids is 1. The zero-order chi connectivity index (χ0) is 10.7. The van der Waals surface area contributed by atoms with Crippen LogP contribution in [0.15, 0.2) is 24.3 Å². The van der Waals surface area contributed by atoms with Crippen molar-refractivity contribution in [2.75, 3.05) is 0 Å². The summed E-state index contributed by atoms with van der Waals surface area (Å²) in [6, 6.07) is 6.44. The summed E-state index contributed by atoms with van der Waals surface area (Å²) in [6.07, 6.45) is 3.43. The van der Waals surface area contributed by atoms with Crippen LogP contribution in [0, 0.1) is 5.82 Å². The first-order valence-corrected chi connectivity index (χ1v) is 5.30. The fourth-order valence-electron chi connectivity index (χ4n) is 1.95. The van der Waals surface area contributed by atoms with Crippen LogP contribution < -0.4 is 5.32 Å². The quantitative estimate of drug-likeness (QED) is 0.753. The molecule has 0 aliphatic carbocycles. The maximum absolute atomic E-state index is 13.0. The second-order valence-electron chi connectivity index (χ2n) is 3.92. The van der Waals surface area contributed by atoms with E-state index in [4.69, 9.17) is 0 Å². The average molecular weight is 207 g/mol. The molecule has 1 aliphatic rings. The van der Waals surface area contributed by atoms with E-state index in [1.807, 2.05) is 6.07 Å². The monoisotopic (exact) mass is 207 g/mol. The molecule has 1 amide bonds. The molecule has 3 heteroatoms. The molecule has 2 rings (SSSR count). The molecule has 1 aromatic rings. The molecule has 2 nitrogen and oxygen atoms in total. The predicted octanol–water partition coefficient (Wildman–Crippen LogP) is 2.56. The van der Waals surface area contributed by atoms with Gasteiger partial charge in [-0.2, -0.15) is 0 Å². The Hall–Kier alpha value is -1.38. The molecule has 1 unspecified atom stereocenters. The second-order valence-corrected chi connectivity index (χ2v) is 3.92. The van der Waals surface area contributed by atoms with Crippen LogP contribution in [-0.4, -0.2) is 5.91 Å². The third-order valence-corrected chi connectivity index (χ3v) is 2.73.